The molecule has 1 aliphatic rings. The summed E-state index contributed by atoms with van der Waals surface area (Å²) < 4.78 is 6.00. The molecule has 0 radical (unpaired) electrons. The van der Waals surface area contributed by atoms with Crippen LogP contribution in [0.15, 0.2) is 4.99 Å². The van der Waals surface area contributed by atoms with Crippen molar-refractivity contribution in [3.8, 4) is 0 Å². The number of rotatable bonds is 13. The highest BCUT2D eigenvalue weighted by atomic mass is 16.5. The second-order valence-corrected chi connectivity index (χ2v) is 7.14. The Hall–Kier alpha value is -0.810. The molecule has 0 aromatic heterocycles. The van der Waals surface area contributed by atoms with Crippen molar-refractivity contribution < 1.29 is 9.84 Å². The van der Waals surface area contributed by atoms with Crippen molar-refractivity contribution in [2.45, 2.75) is 78.2 Å². The third kappa shape index (κ3) is 9.45. The van der Waals surface area contributed by atoms with Crippen LogP contribution < -0.4 is 10.6 Å². The summed E-state index contributed by atoms with van der Waals surface area (Å²) in [5, 5.41) is 16.0. The number of hydrogen-bond acceptors (Lipinski definition) is 3. The number of ether oxygens (including phenoxy) is 1. The van der Waals surface area contributed by atoms with Crippen LogP contribution in [0.4, 0.5) is 0 Å². The molecule has 1 rings (SSSR count). The Morgan fingerprint density at radius 3 is 2.48 bits per heavy atom. The van der Waals surface area contributed by atoms with Gasteiger partial charge in [-0.2, -0.15) is 0 Å². The Kier molecular flexibility index (Phi) is 12.8. The molecule has 0 amide bonds. The molecular weight excluding hydrogens is 314 g/mol. The Labute approximate surface area is 155 Å². The highest BCUT2D eigenvalue weighted by molar-refractivity contribution is 5.79. The molecule has 2 unspecified atom stereocenters. The van der Waals surface area contributed by atoms with Crippen LogP contribution in [-0.4, -0.2) is 50.0 Å². The van der Waals surface area contributed by atoms with Crippen LogP contribution in [0, 0.1) is 11.8 Å². The summed E-state index contributed by atoms with van der Waals surface area (Å²) in [6.45, 7) is 9.96. The van der Waals surface area contributed by atoms with Crippen LogP contribution in [-0.2, 0) is 4.74 Å². The van der Waals surface area contributed by atoms with Crippen LogP contribution >= 0.6 is 0 Å². The van der Waals surface area contributed by atoms with Crippen molar-refractivity contribution in [3.63, 3.8) is 0 Å². The Balaban J connectivity index is 2.45. The van der Waals surface area contributed by atoms with E-state index in [1.54, 1.807) is 0 Å². The van der Waals surface area contributed by atoms with Crippen LogP contribution in [0.25, 0.3) is 0 Å². The molecule has 148 valence electrons. The molecule has 0 bridgehead atoms. The number of hydrogen-bond donors (Lipinski definition) is 3. The van der Waals surface area contributed by atoms with Crippen molar-refractivity contribution in [2.24, 2.45) is 16.8 Å². The van der Waals surface area contributed by atoms with Gasteiger partial charge in [0.15, 0.2) is 5.96 Å². The number of aliphatic hydroxyl groups is 1. The maximum atomic E-state index is 9.20. The zero-order chi connectivity index (χ0) is 18.3. The molecule has 1 saturated carbocycles. The Morgan fingerprint density at radius 2 is 1.88 bits per heavy atom. The van der Waals surface area contributed by atoms with E-state index in [1.165, 1.54) is 25.7 Å². The quantitative estimate of drug-likeness (QED) is 0.350. The average Bonchev–Trinajstić information content (AvgIpc) is 3.13. The monoisotopic (exact) mass is 355 g/mol. The van der Waals surface area contributed by atoms with Gasteiger partial charge in [-0.1, -0.05) is 26.2 Å². The number of nitrogens with zero attached hydrogens (tertiary/aromatic N) is 1. The minimum Gasteiger partial charge on any atom is -0.396 e. The minimum absolute atomic E-state index is 0.252. The van der Waals surface area contributed by atoms with Gasteiger partial charge in [-0.25, -0.2) is 0 Å². The van der Waals surface area contributed by atoms with Gasteiger partial charge in [-0.05, 0) is 57.8 Å². The molecular formula is C20H41N3O2. The van der Waals surface area contributed by atoms with Gasteiger partial charge in [0.2, 0.25) is 0 Å². The van der Waals surface area contributed by atoms with E-state index in [9.17, 15) is 5.11 Å². The summed E-state index contributed by atoms with van der Waals surface area (Å²) in [6, 6.07) is 0. The molecule has 3 N–H and O–H groups in total. The van der Waals surface area contributed by atoms with E-state index in [2.05, 4.69) is 31.4 Å². The molecule has 0 saturated heterocycles. The lowest BCUT2D eigenvalue weighted by atomic mass is 9.98. The van der Waals surface area contributed by atoms with E-state index in [-0.39, 0.29) is 6.61 Å². The summed E-state index contributed by atoms with van der Waals surface area (Å²) in [5.74, 6) is 2.10. The molecule has 5 nitrogen and oxygen atoms in total. The van der Waals surface area contributed by atoms with Gasteiger partial charge >= 0.3 is 0 Å². The van der Waals surface area contributed by atoms with E-state index in [4.69, 9.17) is 9.73 Å². The topological polar surface area (TPSA) is 65.9 Å². The first-order valence-electron chi connectivity index (χ1n) is 10.5. The maximum absolute atomic E-state index is 9.20. The fourth-order valence-electron chi connectivity index (χ4n) is 3.81. The third-order valence-corrected chi connectivity index (χ3v) is 5.11. The molecule has 5 heteroatoms. The molecule has 0 aromatic rings. The smallest absolute Gasteiger partial charge is 0.191 e. The van der Waals surface area contributed by atoms with Crippen LogP contribution in [0.2, 0.25) is 0 Å². The summed E-state index contributed by atoms with van der Waals surface area (Å²) in [4.78, 5) is 4.73. The summed E-state index contributed by atoms with van der Waals surface area (Å²) in [6.07, 6.45) is 9.87. The number of aliphatic hydroxyl groups excluding tert-OH is 1. The lowest BCUT2D eigenvalue weighted by molar-refractivity contribution is 0.0169. The minimum atomic E-state index is 0.252. The first-order valence-corrected chi connectivity index (χ1v) is 10.5. The highest BCUT2D eigenvalue weighted by Crippen LogP contribution is 2.30. The number of aliphatic imine (C=N–C) groups is 1. The number of nitrogens with one attached hydrogen (secondary N) is 2. The van der Waals surface area contributed by atoms with Gasteiger partial charge in [0.25, 0.3) is 0 Å². The van der Waals surface area contributed by atoms with Crippen molar-refractivity contribution in [1.82, 2.24) is 10.6 Å². The summed E-state index contributed by atoms with van der Waals surface area (Å²) in [5.41, 5.74) is 0. The van der Waals surface area contributed by atoms with Crippen LogP contribution in [0.3, 0.4) is 0 Å². The summed E-state index contributed by atoms with van der Waals surface area (Å²) in [7, 11) is 0. The first-order chi connectivity index (χ1) is 12.2. The normalized spacial score (nSPS) is 18.3. The first kappa shape index (κ1) is 22.2. The molecule has 25 heavy (non-hydrogen) atoms. The maximum Gasteiger partial charge on any atom is 0.191 e. The van der Waals surface area contributed by atoms with Crippen LogP contribution in [0.5, 0.6) is 0 Å². The van der Waals surface area contributed by atoms with E-state index >= 15 is 0 Å². The molecule has 1 fully saturated rings. The summed E-state index contributed by atoms with van der Waals surface area (Å²) >= 11 is 0. The van der Waals surface area contributed by atoms with Gasteiger partial charge in [-0.15, -0.1) is 0 Å². The Morgan fingerprint density at radius 1 is 1.12 bits per heavy atom. The molecule has 1 aliphatic carbocycles. The molecule has 0 spiro atoms. The second-order valence-electron chi connectivity index (χ2n) is 7.14. The van der Waals surface area contributed by atoms with Gasteiger partial charge < -0.3 is 20.5 Å². The van der Waals surface area contributed by atoms with Crippen molar-refractivity contribution in [1.29, 1.82) is 0 Å². The average molecular weight is 356 g/mol. The predicted octanol–water partition coefficient (Wildman–Crippen LogP) is 3.33. The van der Waals surface area contributed by atoms with Crippen molar-refractivity contribution in [2.75, 3.05) is 32.8 Å². The van der Waals surface area contributed by atoms with Gasteiger partial charge in [0.1, 0.15) is 0 Å². The second kappa shape index (κ2) is 14.4. The van der Waals surface area contributed by atoms with Crippen molar-refractivity contribution >= 4 is 5.96 Å². The predicted molar refractivity (Wildman–Crippen MR) is 106 cm³/mol. The van der Waals surface area contributed by atoms with E-state index in [0.717, 1.165) is 63.8 Å². The molecule has 0 aliphatic heterocycles. The highest BCUT2D eigenvalue weighted by Gasteiger charge is 2.25. The largest absolute Gasteiger partial charge is 0.396 e. The van der Waals surface area contributed by atoms with E-state index in [0.29, 0.717) is 12.0 Å². The molecule has 0 heterocycles. The lowest BCUT2D eigenvalue weighted by Gasteiger charge is -2.24. The van der Waals surface area contributed by atoms with Gasteiger partial charge in [0.05, 0.1) is 6.10 Å². The van der Waals surface area contributed by atoms with Crippen LogP contribution in [0.1, 0.15) is 72.1 Å². The SMILES string of the molecule is CCCC(CCO)CN=C(NCC)NCCC(OCC)C1CCCC1. The van der Waals surface area contributed by atoms with E-state index < -0.39 is 0 Å². The molecule has 0 aromatic carbocycles. The zero-order valence-corrected chi connectivity index (χ0v) is 16.7. The lowest BCUT2D eigenvalue weighted by Crippen LogP contribution is -2.39. The third-order valence-electron chi connectivity index (χ3n) is 5.11. The van der Waals surface area contributed by atoms with Gasteiger partial charge in [0, 0.05) is 32.8 Å². The fourth-order valence-corrected chi connectivity index (χ4v) is 3.81. The zero-order valence-electron chi connectivity index (χ0n) is 16.7. The number of guanidine groups is 1. The molecule has 2 atom stereocenters. The van der Waals surface area contributed by atoms with Gasteiger partial charge in [-0.3, -0.25) is 4.99 Å². The fraction of sp³-hybridized carbons (Fsp3) is 0.950. The standard InChI is InChI=1S/C20H41N3O2/c1-4-9-17(13-15-24)16-23-20(21-5-2)22-14-12-19(25-6-3)18-10-7-8-11-18/h17-19,24H,4-16H2,1-3H3,(H2,21,22,23). The Bertz CT molecular complexity index is 338. The van der Waals surface area contributed by atoms with Crippen molar-refractivity contribution in [3.05, 3.63) is 0 Å². The van der Waals surface area contributed by atoms with E-state index in [1.807, 2.05) is 0 Å².